The second kappa shape index (κ2) is 9.73. The standard InChI is InChI=1S/C21H26N2O3/c1-3-23-17(2)12-13-19(21(23)26)20(25)22(15-8-16-24)14-7-11-18-9-5-4-6-10-18/h4-7,9-13,24H,3,8,14-16H2,1-2H3/b11-7+. The van der Waals surface area contributed by atoms with Gasteiger partial charge in [0.2, 0.25) is 0 Å². The van der Waals surface area contributed by atoms with Gasteiger partial charge in [-0.3, -0.25) is 9.59 Å². The highest BCUT2D eigenvalue weighted by Gasteiger charge is 2.19. The van der Waals surface area contributed by atoms with Crippen molar-refractivity contribution in [3.8, 4) is 0 Å². The summed E-state index contributed by atoms with van der Waals surface area (Å²) in [4.78, 5) is 27.1. The van der Waals surface area contributed by atoms with Crippen molar-refractivity contribution < 1.29 is 9.90 Å². The second-order valence-electron chi connectivity index (χ2n) is 6.08. The Morgan fingerprint density at radius 1 is 1.19 bits per heavy atom. The first-order valence-corrected chi connectivity index (χ1v) is 8.90. The van der Waals surface area contributed by atoms with E-state index in [1.54, 1.807) is 21.6 Å². The third kappa shape index (κ3) is 4.92. The van der Waals surface area contributed by atoms with E-state index in [-0.39, 0.29) is 23.6 Å². The van der Waals surface area contributed by atoms with Crippen LogP contribution in [0, 0.1) is 6.92 Å². The van der Waals surface area contributed by atoms with E-state index >= 15 is 0 Å². The molecule has 2 rings (SSSR count). The summed E-state index contributed by atoms with van der Waals surface area (Å²) in [6, 6.07) is 13.2. The predicted octanol–water partition coefficient (Wildman–Crippen LogP) is 2.71. The summed E-state index contributed by atoms with van der Waals surface area (Å²) in [6.45, 7) is 5.04. The Labute approximate surface area is 154 Å². The van der Waals surface area contributed by atoms with E-state index in [4.69, 9.17) is 5.11 Å². The molecule has 0 bridgehead atoms. The van der Waals surface area contributed by atoms with Gasteiger partial charge in [0.05, 0.1) is 0 Å². The lowest BCUT2D eigenvalue weighted by atomic mass is 10.2. The summed E-state index contributed by atoms with van der Waals surface area (Å²) in [5.41, 5.74) is 1.78. The van der Waals surface area contributed by atoms with Gasteiger partial charge in [-0.25, -0.2) is 0 Å². The Balaban J connectivity index is 2.22. The van der Waals surface area contributed by atoms with Gasteiger partial charge in [-0.1, -0.05) is 42.5 Å². The summed E-state index contributed by atoms with van der Waals surface area (Å²) in [7, 11) is 0. The molecule has 0 unspecified atom stereocenters. The van der Waals surface area contributed by atoms with E-state index in [0.717, 1.165) is 11.3 Å². The molecule has 0 saturated carbocycles. The first-order chi connectivity index (χ1) is 12.6. The molecule has 0 aliphatic rings. The molecule has 0 saturated heterocycles. The monoisotopic (exact) mass is 354 g/mol. The Kier molecular flexibility index (Phi) is 7.36. The maximum atomic E-state index is 12.9. The predicted molar refractivity (Wildman–Crippen MR) is 104 cm³/mol. The van der Waals surface area contributed by atoms with Crippen molar-refractivity contribution in [3.05, 3.63) is 75.7 Å². The highest BCUT2D eigenvalue weighted by molar-refractivity contribution is 5.94. The van der Waals surface area contributed by atoms with Gasteiger partial charge in [-0.05, 0) is 38.0 Å². The fraction of sp³-hybridized carbons (Fsp3) is 0.333. The second-order valence-corrected chi connectivity index (χ2v) is 6.08. The van der Waals surface area contributed by atoms with Crippen LogP contribution < -0.4 is 5.56 Å². The minimum atomic E-state index is -0.302. The molecule has 1 N–H and O–H groups in total. The highest BCUT2D eigenvalue weighted by atomic mass is 16.3. The minimum Gasteiger partial charge on any atom is -0.396 e. The van der Waals surface area contributed by atoms with Gasteiger partial charge in [0.15, 0.2) is 0 Å². The molecule has 0 aliphatic heterocycles. The zero-order chi connectivity index (χ0) is 18.9. The van der Waals surface area contributed by atoms with Crippen LogP contribution in [0.1, 0.15) is 35.0 Å². The minimum absolute atomic E-state index is 0.000725. The van der Waals surface area contributed by atoms with Crippen molar-refractivity contribution in [1.29, 1.82) is 0 Å². The first kappa shape index (κ1) is 19.7. The maximum absolute atomic E-state index is 12.9. The van der Waals surface area contributed by atoms with Crippen LogP contribution in [0.4, 0.5) is 0 Å². The number of aromatic nitrogens is 1. The molecular weight excluding hydrogens is 328 g/mol. The summed E-state index contributed by atoms with van der Waals surface area (Å²) < 4.78 is 1.59. The zero-order valence-corrected chi connectivity index (χ0v) is 15.4. The van der Waals surface area contributed by atoms with E-state index in [0.29, 0.717) is 26.1 Å². The molecule has 138 valence electrons. The van der Waals surface area contributed by atoms with Gasteiger partial charge in [0, 0.05) is 31.9 Å². The molecular formula is C21H26N2O3. The number of hydrogen-bond acceptors (Lipinski definition) is 3. The molecule has 5 heteroatoms. The van der Waals surface area contributed by atoms with Gasteiger partial charge in [-0.2, -0.15) is 0 Å². The third-order valence-electron chi connectivity index (χ3n) is 4.25. The van der Waals surface area contributed by atoms with Crippen LogP contribution in [0.2, 0.25) is 0 Å². The number of aryl methyl sites for hydroxylation is 1. The molecule has 0 radical (unpaired) electrons. The molecule has 1 aromatic heterocycles. The van der Waals surface area contributed by atoms with E-state index in [9.17, 15) is 9.59 Å². The number of pyridine rings is 1. The lowest BCUT2D eigenvalue weighted by Crippen LogP contribution is -2.38. The molecule has 0 spiro atoms. The third-order valence-corrected chi connectivity index (χ3v) is 4.25. The molecule has 0 aliphatic carbocycles. The molecule has 0 fully saturated rings. The quantitative estimate of drug-likeness (QED) is 0.793. The zero-order valence-electron chi connectivity index (χ0n) is 15.4. The Bertz CT molecular complexity index is 810. The van der Waals surface area contributed by atoms with Crippen LogP contribution in [0.25, 0.3) is 6.08 Å². The normalized spacial score (nSPS) is 11.0. The highest BCUT2D eigenvalue weighted by Crippen LogP contribution is 2.06. The average Bonchev–Trinajstić information content (AvgIpc) is 2.65. The number of nitrogens with zero attached hydrogens (tertiary/aromatic N) is 2. The number of rotatable bonds is 8. The largest absolute Gasteiger partial charge is 0.396 e. The van der Waals surface area contributed by atoms with Gasteiger partial charge < -0.3 is 14.6 Å². The molecule has 1 heterocycles. The molecule has 2 aromatic rings. The number of aliphatic hydroxyl groups is 1. The van der Waals surface area contributed by atoms with Gasteiger partial charge in [-0.15, -0.1) is 0 Å². The molecule has 0 atom stereocenters. The van der Waals surface area contributed by atoms with Crippen LogP contribution >= 0.6 is 0 Å². The SMILES string of the molecule is CCn1c(C)ccc(C(=O)N(C/C=C/c2ccccc2)CCCO)c1=O. The number of carbonyl (C=O) groups excluding carboxylic acids is 1. The molecule has 1 amide bonds. The first-order valence-electron chi connectivity index (χ1n) is 8.90. The van der Waals surface area contributed by atoms with Crippen molar-refractivity contribution in [2.45, 2.75) is 26.8 Å². The van der Waals surface area contributed by atoms with E-state index < -0.39 is 0 Å². The van der Waals surface area contributed by atoms with Crippen LogP contribution in [0.5, 0.6) is 0 Å². The lowest BCUT2D eigenvalue weighted by Gasteiger charge is -2.21. The van der Waals surface area contributed by atoms with Crippen LogP contribution in [-0.2, 0) is 6.54 Å². The fourth-order valence-electron chi connectivity index (χ4n) is 2.81. The smallest absolute Gasteiger partial charge is 0.263 e. The Morgan fingerprint density at radius 2 is 1.92 bits per heavy atom. The topological polar surface area (TPSA) is 62.5 Å². The number of carbonyl (C=O) groups is 1. The number of hydrogen-bond donors (Lipinski definition) is 1. The van der Waals surface area contributed by atoms with Crippen LogP contribution in [0.3, 0.4) is 0 Å². The molecule has 26 heavy (non-hydrogen) atoms. The molecule has 1 aromatic carbocycles. The van der Waals surface area contributed by atoms with Crippen molar-refractivity contribution >= 4 is 12.0 Å². The number of aliphatic hydroxyl groups excluding tert-OH is 1. The lowest BCUT2D eigenvalue weighted by molar-refractivity contribution is 0.0762. The van der Waals surface area contributed by atoms with Crippen molar-refractivity contribution in [3.63, 3.8) is 0 Å². The van der Waals surface area contributed by atoms with E-state index in [1.807, 2.05) is 56.3 Å². The van der Waals surface area contributed by atoms with Crippen molar-refractivity contribution in [2.24, 2.45) is 0 Å². The van der Waals surface area contributed by atoms with Gasteiger partial charge >= 0.3 is 0 Å². The summed E-state index contributed by atoms with van der Waals surface area (Å²) in [6.07, 6.45) is 4.31. The summed E-state index contributed by atoms with van der Waals surface area (Å²) >= 11 is 0. The van der Waals surface area contributed by atoms with Crippen LogP contribution in [0.15, 0.2) is 53.3 Å². The summed E-state index contributed by atoms with van der Waals surface area (Å²) in [5, 5.41) is 9.12. The average molecular weight is 354 g/mol. The Morgan fingerprint density at radius 3 is 2.58 bits per heavy atom. The fourth-order valence-corrected chi connectivity index (χ4v) is 2.81. The summed E-state index contributed by atoms with van der Waals surface area (Å²) in [5.74, 6) is -0.302. The van der Waals surface area contributed by atoms with Gasteiger partial charge in [0.1, 0.15) is 5.56 Å². The van der Waals surface area contributed by atoms with Crippen LogP contribution in [-0.4, -0.2) is 40.2 Å². The van der Waals surface area contributed by atoms with E-state index in [2.05, 4.69) is 0 Å². The van der Waals surface area contributed by atoms with Crippen molar-refractivity contribution in [2.75, 3.05) is 19.7 Å². The number of benzene rings is 1. The maximum Gasteiger partial charge on any atom is 0.263 e. The molecule has 5 nitrogen and oxygen atoms in total. The van der Waals surface area contributed by atoms with Gasteiger partial charge in [0.25, 0.3) is 11.5 Å². The van der Waals surface area contributed by atoms with E-state index in [1.165, 1.54) is 0 Å². The number of amides is 1. The van der Waals surface area contributed by atoms with Crippen molar-refractivity contribution in [1.82, 2.24) is 9.47 Å². The Hall–Kier alpha value is -2.66.